The number of amides is 2. The minimum Gasteiger partial charge on any atom is -0.344 e. The molecule has 0 aromatic heterocycles. The topological polar surface area (TPSA) is 70.2 Å². The van der Waals surface area contributed by atoms with Crippen molar-refractivity contribution in [3.05, 3.63) is 29.8 Å². The minimum atomic E-state index is -0.515. The first-order valence-corrected chi connectivity index (χ1v) is 8.36. The first kappa shape index (κ1) is 17.5. The first-order valence-electron chi connectivity index (χ1n) is 8.36. The number of carbonyl (C=O) groups excluding carboxylic acids is 2. The molecular weight excluding hydrogens is 290 g/mol. The summed E-state index contributed by atoms with van der Waals surface area (Å²) in [6.07, 6.45) is 1.66. The Morgan fingerprint density at radius 1 is 1.13 bits per heavy atom. The number of nitrogens with one attached hydrogen (secondary N) is 3. The van der Waals surface area contributed by atoms with Gasteiger partial charge < -0.3 is 16.0 Å². The fraction of sp³-hybridized carbons (Fsp3) is 0.556. The van der Waals surface area contributed by atoms with Crippen molar-refractivity contribution in [2.24, 2.45) is 11.8 Å². The standard InChI is InChI=1S/C18H27N3O2/c1-12(2)16(21-17(22)14-8-10-19-11-9-14)18(23)20-15-6-4-13(3)5-7-15/h4-7,12,14,16,19H,8-11H2,1-3H3,(H,20,23)(H,21,22). The van der Waals surface area contributed by atoms with Gasteiger partial charge in [-0.05, 0) is 50.9 Å². The Kier molecular flexibility index (Phi) is 6.16. The molecule has 3 N–H and O–H groups in total. The molecule has 0 aliphatic carbocycles. The molecule has 1 fully saturated rings. The monoisotopic (exact) mass is 317 g/mol. The van der Waals surface area contributed by atoms with Crippen molar-refractivity contribution in [3.8, 4) is 0 Å². The van der Waals surface area contributed by atoms with E-state index in [1.54, 1.807) is 0 Å². The van der Waals surface area contributed by atoms with Crippen molar-refractivity contribution in [3.63, 3.8) is 0 Å². The first-order chi connectivity index (χ1) is 11.0. The lowest BCUT2D eigenvalue weighted by atomic mass is 9.95. The summed E-state index contributed by atoms with van der Waals surface area (Å²) in [5.41, 5.74) is 1.89. The lowest BCUT2D eigenvalue weighted by Crippen LogP contribution is -2.50. The summed E-state index contributed by atoms with van der Waals surface area (Å²) in [4.78, 5) is 24.9. The highest BCUT2D eigenvalue weighted by molar-refractivity contribution is 5.97. The number of anilines is 1. The van der Waals surface area contributed by atoms with E-state index in [2.05, 4.69) is 16.0 Å². The summed E-state index contributed by atoms with van der Waals surface area (Å²) in [6, 6.07) is 7.14. The van der Waals surface area contributed by atoms with Crippen LogP contribution in [0.25, 0.3) is 0 Å². The second-order valence-electron chi connectivity index (χ2n) is 6.61. The van der Waals surface area contributed by atoms with Crippen LogP contribution in [0.1, 0.15) is 32.3 Å². The minimum absolute atomic E-state index is 0.00433. The molecule has 0 saturated carbocycles. The van der Waals surface area contributed by atoms with Crippen LogP contribution in [-0.2, 0) is 9.59 Å². The molecule has 0 bridgehead atoms. The van der Waals surface area contributed by atoms with Gasteiger partial charge in [0, 0.05) is 11.6 Å². The van der Waals surface area contributed by atoms with Gasteiger partial charge in [0.25, 0.3) is 0 Å². The lowest BCUT2D eigenvalue weighted by molar-refractivity contribution is -0.130. The van der Waals surface area contributed by atoms with Gasteiger partial charge in [-0.3, -0.25) is 9.59 Å². The average Bonchev–Trinajstić information content (AvgIpc) is 2.55. The second kappa shape index (κ2) is 8.11. The highest BCUT2D eigenvalue weighted by Gasteiger charge is 2.28. The normalized spacial score (nSPS) is 16.9. The predicted molar refractivity (Wildman–Crippen MR) is 92.2 cm³/mol. The highest BCUT2D eigenvalue weighted by atomic mass is 16.2. The van der Waals surface area contributed by atoms with E-state index in [4.69, 9.17) is 0 Å². The van der Waals surface area contributed by atoms with Crippen molar-refractivity contribution < 1.29 is 9.59 Å². The highest BCUT2D eigenvalue weighted by Crippen LogP contribution is 2.15. The third-order valence-corrected chi connectivity index (χ3v) is 4.28. The van der Waals surface area contributed by atoms with Crippen LogP contribution in [0.3, 0.4) is 0 Å². The Bertz CT molecular complexity index is 534. The number of carbonyl (C=O) groups is 2. The molecule has 1 atom stereocenters. The van der Waals surface area contributed by atoms with E-state index in [1.165, 1.54) is 0 Å². The molecule has 1 aromatic rings. The van der Waals surface area contributed by atoms with Crippen LogP contribution in [0.2, 0.25) is 0 Å². The zero-order chi connectivity index (χ0) is 16.8. The maximum atomic E-state index is 12.5. The van der Waals surface area contributed by atoms with Gasteiger partial charge in [-0.15, -0.1) is 0 Å². The number of piperidine rings is 1. The SMILES string of the molecule is Cc1ccc(NC(=O)C(NC(=O)C2CCNCC2)C(C)C)cc1. The molecule has 2 rings (SSSR count). The largest absolute Gasteiger partial charge is 0.344 e. The van der Waals surface area contributed by atoms with Gasteiger partial charge in [0.15, 0.2) is 0 Å². The zero-order valence-electron chi connectivity index (χ0n) is 14.2. The number of benzene rings is 1. The van der Waals surface area contributed by atoms with Crippen LogP contribution >= 0.6 is 0 Å². The van der Waals surface area contributed by atoms with Gasteiger partial charge in [-0.25, -0.2) is 0 Å². The number of rotatable bonds is 5. The summed E-state index contributed by atoms with van der Waals surface area (Å²) >= 11 is 0. The van der Waals surface area contributed by atoms with Crippen molar-refractivity contribution in [2.45, 2.75) is 39.7 Å². The molecule has 1 aliphatic heterocycles. The molecule has 1 aliphatic rings. The summed E-state index contributed by atoms with van der Waals surface area (Å²) in [7, 11) is 0. The average molecular weight is 317 g/mol. The van der Waals surface area contributed by atoms with Crippen LogP contribution in [0.5, 0.6) is 0 Å². The van der Waals surface area contributed by atoms with Gasteiger partial charge >= 0.3 is 0 Å². The Balaban J connectivity index is 1.97. The fourth-order valence-electron chi connectivity index (χ4n) is 2.75. The Morgan fingerprint density at radius 3 is 2.30 bits per heavy atom. The van der Waals surface area contributed by atoms with E-state index >= 15 is 0 Å². The molecule has 1 unspecified atom stereocenters. The van der Waals surface area contributed by atoms with Crippen LogP contribution in [0.15, 0.2) is 24.3 Å². The van der Waals surface area contributed by atoms with Crippen molar-refractivity contribution in [1.82, 2.24) is 10.6 Å². The summed E-state index contributed by atoms with van der Waals surface area (Å²) in [5.74, 6) is -0.133. The summed E-state index contributed by atoms with van der Waals surface area (Å²) in [6.45, 7) is 7.62. The third-order valence-electron chi connectivity index (χ3n) is 4.28. The smallest absolute Gasteiger partial charge is 0.247 e. The van der Waals surface area contributed by atoms with E-state index in [9.17, 15) is 9.59 Å². The van der Waals surface area contributed by atoms with Crippen LogP contribution in [0.4, 0.5) is 5.69 Å². The molecule has 5 nitrogen and oxygen atoms in total. The van der Waals surface area contributed by atoms with Crippen LogP contribution in [0, 0.1) is 18.8 Å². The molecule has 0 radical (unpaired) electrons. The van der Waals surface area contributed by atoms with Gasteiger partial charge in [0.1, 0.15) is 6.04 Å². The zero-order valence-corrected chi connectivity index (χ0v) is 14.2. The van der Waals surface area contributed by atoms with E-state index in [1.807, 2.05) is 45.0 Å². The van der Waals surface area contributed by atoms with Crippen LogP contribution in [-0.4, -0.2) is 30.9 Å². The molecule has 1 aromatic carbocycles. The number of hydrogen-bond donors (Lipinski definition) is 3. The third kappa shape index (κ3) is 5.06. The molecule has 126 valence electrons. The Morgan fingerprint density at radius 2 is 1.74 bits per heavy atom. The lowest BCUT2D eigenvalue weighted by Gasteiger charge is -2.26. The Hall–Kier alpha value is -1.88. The van der Waals surface area contributed by atoms with Gasteiger partial charge in [-0.1, -0.05) is 31.5 Å². The van der Waals surface area contributed by atoms with E-state index in [0.29, 0.717) is 0 Å². The van der Waals surface area contributed by atoms with Crippen molar-refractivity contribution >= 4 is 17.5 Å². The van der Waals surface area contributed by atoms with Crippen molar-refractivity contribution in [2.75, 3.05) is 18.4 Å². The summed E-state index contributed by atoms with van der Waals surface area (Å²) < 4.78 is 0. The summed E-state index contributed by atoms with van der Waals surface area (Å²) in [5, 5.41) is 9.08. The molecule has 23 heavy (non-hydrogen) atoms. The van der Waals surface area contributed by atoms with Crippen molar-refractivity contribution in [1.29, 1.82) is 0 Å². The molecule has 1 heterocycles. The van der Waals surface area contributed by atoms with Gasteiger partial charge in [0.05, 0.1) is 0 Å². The van der Waals surface area contributed by atoms with E-state index < -0.39 is 6.04 Å². The molecular formula is C18H27N3O2. The second-order valence-corrected chi connectivity index (χ2v) is 6.61. The number of aryl methyl sites for hydroxylation is 1. The van der Waals surface area contributed by atoms with Crippen LogP contribution < -0.4 is 16.0 Å². The number of hydrogen-bond acceptors (Lipinski definition) is 3. The predicted octanol–water partition coefficient (Wildman–Crippen LogP) is 2.07. The molecule has 5 heteroatoms. The fourth-order valence-corrected chi connectivity index (χ4v) is 2.75. The van der Waals surface area contributed by atoms with Gasteiger partial charge in [0.2, 0.25) is 11.8 Å². The quantitative estimate of drug-likeness (QED) is 0.778. The van der Waals surface area contributed by atoms with E-state index in [0.717, 1.165) is 37.2 Å². The molecule has 1 saturated heterocycles. The maximum absolute atomic E-state index is 12.5. The molecule has 0 spiro atoms. The Labute approximate surface area is 138 Å². The van der Waals surface area contributed by atoms with Gasteiger partial charge in [-0.2, -0.15) is 0 Å². The van der Waals surface area contributed by atoms with E-state index in [-0.39, 0.29) is 23.7 Å². The molecule has 2 amide bonds. The maximum Gasteiger partial charge on any atom is 0.247 e.